The molecule has 0 bridgehead atoms. The molecule has 170 valence electrons. The number of carbonyl (C=O) groups excluding carboxylic acids is 1. The molecule has 14 heteroatoms. The fraction of sp³-hybridized carbons (Fsp3) is 0.294. The number of carbonyl (C=O) groups is 1. The van der Waals surface area contributed by atoms with Crippen molar-refractivity contribution in [2.45, 2.75) is 19.5 Å². The summed E-state index contributed by atoms with van der Waals surface area (Å²) in [5.41, 5.74) is -3.36. The Morgan fingerprint density at radius 1 is 1.00 bits per heavy atom. The van der Waals surface area contributed by atoms with Crippen molar-refractivity contribution < 1.29 is 58.9 Å². The Kier molecular flexibility index (Phi) is 6.81. The first kappa shape index (κ1) is 24.0. The summed E-state index contributed by atoms with van der Waals surface area (Å²) in [6, 6.07) is 1.16. The van der Waals surface area contributed by atoms with Crippen molar-refractivity contribution in [1.29, 1.82) is 0 Å². The Morgan fingerprint density at radius 3 is 2.13 bits per heavy atom. The van der Waals surface area contributed by atoms with Crippen molar-refractivity contribution in [1.82, 2.24) is 4.98 Å². The standard InChI is InChI=1S/C17H11F8NO5/c1-3-29-15(27)10-9(6-26-14(12(10)19)16(20,21)22)30-8-5-4-7(31-17(23,24)25)11(18)13(8)28-2/h4-6H,3H2,1-2H3. The molecule has 1 aromatic carbocycles. The quantitative estimate of drug-likeness (QED) is 0.432. The van der Waals surface area contributed by atoms with Gasteiger partial charge in [-0.05, 0) is 19.1 Å². The molecule has 0 radical (unpaired) electrons. The molecule has 0 saturated carbocycles. The number of pyridine rings is 1. The van der Waals surface area contributed by atoms with E-state index < -0.39 is 64.4 Å². The Labute approximate surface area is 168 Å². The van der Waals surface area contributed by atoms with Gasteiger partial charge in [0.05, 0.1) is 19.9 Å². The van der Waals surface area contributed by atoms with Crippen LogP contribution < -0.4 is 14.2 Å². The predicted octanol–water partition coefficient (Wildman–Crippen LogP) is 5.25. The van der Waals surface area contributed by atoms with Gasteiger partial charge in [0.2, 0.25) is 11.6 Å². The molecule has 0 aliphatic heterocycles. The van der Waals surface area contributed by atoms with Gasteiger partial charge in [-0.2, -0.15) is 17.6 Å². The van der Waals surface area contributed by atoms with Crippen molar-refractivity contribution in [2.75, 3.05) is 13.7 Å². The summed E-state index contributed by atoms with van der Waals surface area (Å²) in [7, 11) is 0.834. The second-order valence-electron chi connectivity index (χ2n) is 5.44. The van der Waals surface area contributed by atoms with Crippen LogP contribution in [0, 0.1) is 11.6 Å². The van der Waals surface area contributed by atoms with Crippen molar-refractivity contribution in [3.05, 3.63) is 41.2 Å². The van der Waals surface area contributed by atoms with Crippen LogP contribution in [0.5, 0.6) is 23.0 Å². The molecule has 0 fully saturated rings. The van der Waals surface area contributed by atoms with Gasteiger partial charge in [0, 0.05) is 0 Å². The molecular weight excluding hydrogens is 450 g/mol. The lowest BCUT2D eigenvalue weighted by Gasteiger charge is -2.17. The van der Waals surface area contributed by atoms with Crippen molar-refractivity contribution >= 4 is 5.97 Å². The van der Waals surface area contributed by atoms with Gasteiger partial charge in [0.25, 0.3) is 0 Å². The van der Waals surface area contributed by atoms with Crippen LogP contribution in [0.4, 0.5) is 35.1 Å². The molecule has 6 nitrogen and oxygen atoms in total. The number of hydrogen-bond donors (Lipinski definition) is 0. The minimum absolute atomic E-state index is 0.315. The third-order valence-electron chi connectivity index (χ3n) is 3.41. The van der Waals surface area contributed by atoms with Gasteiger partial charge in [-0.25, -0.2) is 14.2 Å². The largest absolute Gasteiger partial charge is 0.573 e. The maximum Gasteiger partial charge on any atom is 0.573 e. The number of hydrogen-bond acceptors (Lipinski definition) is 6. The van der Waals surface area contributed by atoms with Crippen LogP contribution in [0.1, 0.15) is 23.0 Å². The number of ether oxygens (including phenoxy) is 4. The molecule has 0 amide bonds. The zero-order valence-electron chi connectivity index (χ0n) is 15.5. The summed E-state index contributed by atoms with van der Waals surface area (Å²) in [4.78, 5) is 14.9. The number of methoxy groups -OCH3 is 1. The molecule has 0 spiro atoms. The highest BCUT2D eigenvalue weighted by Gasteiger charge is 2.40. The van der Waals surface area contributed by atoms with Crippen LogP contribution in [-0.2, 0) is 10.9 Å². The maximum absolute atomic E-state index is 14.4. The van der Waals surface area contributed by atoms with Crippen LogP contribution in [0.3, 0.4) is 0 Å². The van der Waals surface area contributed by atoms with Gasteiger partial charge in [-0.15, -0.1) is 13.2 Å². The molecule has 0 aliphatic carbocycles. The fourth-order valence-corrected chi connectivity index (χ4v) is 2.25. The van der Waals surface area contributed by atoms with Crippen LogP contribution in [0.2, 0.25) is 0 Å². The molecule has 2 aromatic rings. The van der Waals surface area contributed by atoms with E-state index in [1.54, 1.807) is 0 Å². The third kappa shape index (κ3) is 5.44. The van der Waals surface area contributed by atoms with Crippen molar-refractivity contribution in [2.24, 2.45) is 0 Å². The van der Waals surface area contributed by atoms with E-state index in [0.717, 1.165) is 7.11 Å². The summed E-state index contributed by atoms with van der Waals surface area (Å²) < 4.78 is 122. The van der Waals surface area contributed by atoms with Crippen LogP contribution in [0.25, 0.3) is 0 Å². The summed E-state index contributed by atoms with van der Waals surface area (Å²) in [6.45, 7) is 0.947. The lowest BCUT2D eigenvalue weighted by atomic mass is 10.2. The van der Waals surface area contributed by atoms with Gasteiger partial charge in [0.1, 0.15) is 5.56 Å². The Hall–Kier alpha value is -3.32. The van der Waals surface area contributed by atoms with E-state index in [2.05, 4.69) is 19.2 Å². The summed E-state index contributed by atoms with van der Waals surface area (Å²) >= 11 is 0. The predicted molar refractivity (Wildman–Crippen MR) is 84.9 cm³/mol. The molecule has 1 aromatic heterocycles. The third-order valence-corrected chi connectivity index (χ3v) is 3.41. The van der Waals surface area contributed by atoms with E-state index >= 15 is 0 Å². The van der Waals surface area contributed by atoms with Gasteiger partial charge >= 0.3 is 18.5 Å². The van der Waals surface area contributed by atoms with E-state index in [9.17, 15) is 39.9 Å². The number of benzene rings is 1. The molecular formula is C17H11F8NO5. The normalized spacial score (nSPS) is 11.8. The Balaban J connectivity index is 2.59. The second-order valence-corrected chi connectivity index (χ2v) is 5.44. The van der Waals surface area contributed by atoms with E-state index in [1.807, 2.05) is 0 Å². The number of alkyl halides is 6. The Bertz CT molecular complexity index is 974. The first-order chi connectivity index (χ1) is 14.3. The minimum Gasteiger partial charge on any atom is -0.490 e. The lowest BCUT2D eigenvalue weighted by Crippen LogP contribution is -2.18. The zero-order chi connectivity index (χ0) is 23.6. The molecule has 1 heterocycles. The van der Waals surface area contributed by atoms with Gasteiger partial charge in [-0.3, -0.25) is 0 Å². The number of rotatable bonds is 6. The fourth-order valence-electron chi connectivity index (χ4n) is 2.25. The summed E-state index contributed by atoms with van der Waals surface area (Å²) in [5.74, 6) is -9.31. The van der Waals surface area contributed by atoms with Gasteiger partial charge < -0.3 is 18.9 Å². The molecule has 0 saturated heterocycles. The smallest absolute Gasteiger partial charge is 0.490 e. The molecule has 0 N–H and O–H groups in total. The van der Waals surface area contributed by atoms with E-state index in [-0.39, 0.29) is 6.61 Å². The van der Waals surface area contributed by atoms with E-state index in [0.29, 0.717) is 18.3 Å². The zero-order valence-corrected chi connectivity index (χ0v) is 15.5. The van der Waals surface area contributed by atoms with Crippen LogP contribution >= 0.6 is 0 Å². The first-order valence-corrected chi connectivity index (χ1v) is 8.03. The minimum atomic E-state index is -5.27. The van der Waals surface area contributed by atoms with Crippen LogP contribution in [0.15, 0.2) is 18.3 Å². The Morgan fingerprint density at radius 2 is 1.61 bits per heavy atom. The molecule has 0 atom stereocenters. The molecule has 0 aliphatic rings. The van der Waals surface area contributed by atoms with Gasteiger partial charge in [-0.1, -0.05) is 0 Å². The molecule has 2 rings (SSSR count). The van der Waals surface area contributed by atoms with Gasteiger partial charge in [0.15, 0.2) is 28.8 Å². The highest BCUT2D eigenvalue weighted by atomic mass is 19.4. The van der Waals surface area contributed by atoms with Crippen LogP contribution in [-0.4, -0.2) is 31.0 Å². The molecule has 31 heavy (non-hydrogen) atoms. The SMILES string of the molecule is CCOC(=O)c1c(Oc2ccc(OC(F)(F)F)c(F)c2OC)cnc(C(F)(F)F)c1F. The monoisotopic (exact) mass is 461 g/mol. The average molecular weight is 461 g/mol. The molecule has 0 unspecified atom stereocenters. The first-order valence-electron chi connectivity index (χ1n) is 8.03. The highest BCUT2D eigenvalue weighted by molar-refractivity contribution is 5.93. The van der Waals surface area contributed by atoms with Crippen molar-refractivity contribution in [3.63, 3.8) is 0 Å². The summed E-state index contributed by atoms with van der Waals surface area (Å²) in [6.07, 6.45) is -10.2. The van der Waals surface area contributed by atoms with E-state index in [4.69, 9.17) is 4.74 Å². The number of esters is 1. The number of aromatic nitrogens is 1. The summed E-state index contributed by atoms with van der Waals surface area (Å²) in [5, 5.41) is 0. The maximum atomic E-state index is 14.4. The average Bonchev–Trinajstić information content (AvgIpc) is 2.62. The number of nitrogens with zero attached hydrogens (tertiary/aromatic N) is 1. The van der Waals surface area contributed by atoms with E-state index in [1.165, 1.54) is 6.92 Å². The highest BCUT2D eigenvalue weighted by Crippen LogP contribution is 2.42. The number of halogens is 8. The topological polar surface area (TPSA) is 66.9 Å². The lowest BCUT2D eigenvalue weighted by molar-refractivity contribution is -0.275. The van der Waals surface area contributed by atoms with Crippen molar-refractivity contribution in [3.8, 4) is 23.0 Å². The second kappa shape index (κ2) is 8.81.